The number of nitrogens with zero attached hydrogens (tertiary/aromatic N) is 1. The highest BCUT2D eigenvalue weighted by molar-refractivity contribution is 5.67. The van der Waals surface area contributed by atoms with Crippen molar-refractivity contribution in [2.24, 2.45) is 0 Å². The summed E-state index contributed by atoms with van der Waals surface area (Å²) in [5, 5.41) is 8.81. The van der Waals surface area contributed by atoms with Crippen LogP contribution in [0, 0.1) is 0 Å². The number of carbonyl (C=O) groups is 1. The molecule has 0 saturated carbocycles. The van der Waals surface area contributed by atoms with Crippen molar-refractivity contribution in [1.82, 2.24) is 4.90 Å². The molecule has 0 amide bonds. The first-order chi connectivity index (χ1) is 7.84. The van der Waals surface area contributed by atoms with E-state index in [4.69, 9.17) is 9.84 Å². The first-order valence-electron chi connectivity index (χ1n) is 6.47. The summed E-state index contributed by atoms with van der Waals surface area (Å²) in [4.78, 5) is 12.9. The Labute approximate surface area is 104 Å². The average molecular weight is 243 g/mol. The predicted octanol–water partition coefficient (Wildman–Crippen LogP) is 2.13. The Bertz CT molecular complexity index is 265. The summed E-state index contributed by atoms with van der Waals surface area (Å²) in [6.07, 6.45) is 2.61. The molecule has 17 heavy (non-hydrogen) atoms. The van der Waals surface area contributed by atoms with E-state index < -0.39 is 5.97 Å². The van der Waals surface area contributed by atoms with Crippen molar-refractivity contribution < 1.29 is 14.6 Å². The fraction of sp³-hybridized carbons (Fsp3) is 0.923. The molecule has 1 aliphatic heterocycles. The summed E-state index contributed by atoms with van der Waals surface area (Å²) in [5.74, 6) is -0.733. The van der Waals surface area contributed by atoms with Crippen LogP contribution in [0.3, 0.4) is 0 Å². The standard InChI is InChI=1S/C13H25NO3/c1-5-14(10(2)8-12(15)16)9-11-6-7-13(3,4)17-11/h10-11H,5-9H2,1-4H3,(H,15,16). The minimum atomic E-state index is -0.733. The number of carboxylic acid groups (broad SMARTS) is 1. The molecule has 0 aromatic heterocycles. The van der Waals surface area contributed by atoms with Gasteiger partial charge in [0, 0.05) is 12.6 Å². The highest BCUT2D eigenvalue weighted by Gasteiger charge is 2.33. The third-order valence-corrected chi connectivity index (χ3v) is 3.49. The molecule has 1 rings (SSSR count). The summed E-state index contributed by atoms with van der Waals surface area (Å²) in [7, 11) is 0. The van der Waals surface area contributed by atoms with Gasteiger partial charge in [-0.05, 0) is 40.2 Å². The monoisotopic (exact) mass is 243 g/mol. The lowest BCUT2D eigenvalue weighted by Crippen LogP contribution is -2.40. The van der Waals surface area contributed by atoms with Crippen molar-refractivity contribution in [3.8, 4) is 0 Å². The first kappa shape index (κ1) is 14.5. The lowest BCUT2D eigenvalue weighted by Gasteiger charge is -2.30. The topological polar surface area (TPSA) is 49.8 Å². The van der Waals surface area contributed by atoms with Gasteiger partial charge in [0.2, 0.25) is 0 Å². The van der Waals surface area contributed by atoms with E-state index in [1.165, 1.54) is 0 Å². The molecule has 1 heterocycles. The largest absolute Gasteiger partial charge is 0.481 e. The van der Waals surface area contributed by atoms with Crippen LogP contribution < -0.4 is 0 Å². The molecule has 1 saturated heterocycles. The maximum atomic E-state index is 10.7. The zero-order valence-electron chi connectivity index (χ0n) is 11.4. The van der Waals surface area contributed by atoms with Gasteiger partial charge >= 0.3 is 5.97 Å². The number of aliphatic carboxylic acids is 1. The highest BCUT2D eigenvalue weighted by Crippen LogP contribution is 2.30. The predicted molar refractivity (Wildman–Crippen MR) is 67.1 cm³/mol. The van der Waals surface area contributed by atoms with Gasteiger partial charge in [-0.25, -0.2) is 0 Å². The molecular formula is C13H25NO3. The minimum Gasteiger partial charge on any atom is -0.481 e. The zero-order chi connectivity index (χ0) is 13.1. The molecule has 100 valence electrons. The van der Waals surface area contributed by atoms with Crippen molar-refractivity contribution >= 4 is 5.97 Å². The zero-order valence-corrected chi connectivity index (χ0v) is 11.4. The summed E-state index contributed by atoms with van der Waals surface area (Å²) < 4.78 is 5.95. The van der Waals surface area contributed by atoms with E-state index in [-0.39, 0.29) is 24.2 Å². The molecule has 4 heteroatoms. The Morgan fingerprint density at radius 1 is 1.59 bits per heavy atom. The van der Waals surface area contributed by atoms with E-state index in [1.54, 1.807) is 0 Å². The van der Waals surface area contributed by atoms with Gasteiger partial charge in [-0.15, -0.1) is 0 Å². The third kappa shape index (κ3) is 4.64. The number of ether oxygens (including phenoxy) is 1. The first-order valence-corrected chi connectivity index (χ1v) is 6.47. The molecule has 4 nitrogen and oxygen atoms in total. The molecule has 1 fully saturated rings. The molecule has 1 N–H and O–H groups in total. The second kappa shape index (κ2) is 5.83. The SMILES string of the molecule is CCN(CC1CCC(C)(C)O1)C(C)CC(=O)O. The Hall–Kier alpha value is -0.610. The van der Waals surface area contributed by atoms with E-state index in [1.807, 2.05) is 6.92 Å². The lowest BCUT2D eigenvalue weighted by molar-refractivity contribution is -0.138. The van der Waals surface area contributed by atoms with Gasteiger partial charge in [0.05, 0.1) is 18.1 Å². The van der Waals surface area contributed by atoms with E-state index in [9.17, 15) is 4.79 Å². The lowest BCUT2D eigenvalue weighted by atomic mass is 10.1. The van der Waals surface area contributed by atoms with Gasteiger partial charge in [-0.1, -0.05) is 6.92 Å². The van der Waals surface area contributed by atoms with Crippen LogP contribution in [0.5, 0.6) is 0 Å². The molecule has 2 unspecified atom stereocenters. The van der Waals surface area contributed by atoms with Crippen LogP contribution in [0.25, 0.3) is 0 Å². The Kier molecular flexibility index (Phi) is 4.95. The van der Waals surface area contributed by atoms with Crippen molar-refractivity contribution in [2.45, 2.75) is 64.7 Å². The van der Waals surface area contributed by atoms with Crippen LogP contribution in [0.1, 0.15) is 47.0 Å². The second-order valence-electron chi connectivity index (χ2n) is 5.57. The van der Waals surface area contributed by atoms with E-state index in [0.717, 1.165) is 25.9 Å². The number of likely N-dealkylation sites (N-methyl/N-ethyl adjacent to an activating group) is 1. The molecule has 0 aromatic carbocycles. The van der Waals surface area contributed by atoms with Crippen molar-refractivity contribution in [3.05, 3.63) is 0 Å². The van der Waals surface area contributed by atoms with Crippen LogP contribution >= 0.6 is 0 Å². The molecule has 0 bridgehead atoms. The maximum absolute atomic E-state index is 10.7. The highest BCUT2D eigenvalue weighted by atomic mass is 16.5. The summed E-state index contributed by atoms with van der Waals surface area (Å²) in [6, 6.07) is 0.0739. The molecule has 1 aliphatic rings. The van der Waals surface area contributed by atoms with E-state index in [0.29, 0.717) is 0 Å². The molecular weight excluding hydrogens is 218 g/mol. The van der Waals surface area contributed by atoms with Gasteiger partial charge in [-0.3, -0.25) is 9.69 Å². The fourth-order valence-corrected chi connectivity index (χ4v) is 2.47. The summed E-state index contributed by atoms with van der Waals surface area (Å²) in [6.45, 7) is 9.98. The van der Waals surface area contributed by atoms with Crippen LogP contribution in [-0.4, -0.2) is 46.8 Å². The Balaban J connectivity index is 2.44. The van der Waals surface area contributed by atoms with Gasteiger partial charge in [0.1, 0.15) is 0 Å². The van der Waals surface area contributed by atoms with Crippen LogP contribution in [-0.2, 0) is 9.53 Å². The quantitative estimate of drug-likeness (QED) is 0.776. The normalized spacial score (nSPS) is 25.1. The van der Waals surface area contributed by atoms with E-state index >= 15 is 0 Å². The summed E-state index contributed by atoms with van der Waals surface area (Å²) in [5.41, 5.74) is -0.0138. The third-order valence-electron chi connectivity index (χ3n) is 3.49. The number of hydrogen-bond acceptors (Lipinski definition) is 3. The summed E-state index contributed by atoms with van der Waals surface area (Å²) >= 11 is 0. The minimum absolute atomic E-state index is 0.0138. The molecule has 0 aliphatic carbocycles. The molecule has 0 spiro atoms. The fourth-order valence-electron chi connectivity index (χ4n) is 2.47. The number of hydrogen-bond donors (Lipinski definition) is 1. The Morgan fingerprint density at radius 2 is 2.24 bits per heavy atom. The number of carboxylic acids is 1. The van der Waals surface area contributed by atoms with Gasteiger partial charge in [0.15, 0.2) is 0 Å². The van der Waals surface area contributed by atoms with Crippen LogP contribution in [0.15, 0.2) is 0 Å². The van der Waals surface area contributed by atoms with Gasteiger partial charge in [-0.2, -0.15) is 0 Å². The van der Waals surface area contributed by atoms with Gasteiger partial charge < -0.3 is 9.84 Å². The molecule has 0 aromatic rings. The van der Waals surface area contributed by atoms with Gasteiger partial charge in [0.25, 0.3) is 0 Å². The van der Waals surface area contributed by atoms with Crippen molar-refractivity contribution in [3.63, 3.8) is 0 Å². The molecule has 2 atom stereocenters. The smallest absolute Gasteiger partial charge is 0.304 e. The van der Waals surface area contributed by atoms with Crippen LogP contribution in [0.2, 0.25) is 0 Å². The molecule has 0 radical (unpaired) electrons. The van der Waals surface area contributed by atoms with Crippen molar-refractivity contribution in [2.75, 3.05) is 13.1 Å². The van der Waals surface area contributed by atoms with E-state index in [2.05, 4.69) is 25.7 Å². The van der Waals surface area contributed by atoms with Crippen LogP contribution in [0.4, 0.5) is 0 Å². The number of rotatable bonds is 6. The van der Waals surface area contributed by atoms with Crippen molar-refractivity contribution in [1.29, 1.82) is 0 Å². The maximum Gasteiger partial charge on any atom is 0.304 e. The average Bonchev–Trinajstić information content (AvgIpc) is 2.53. The Morgan fingerprint density at radius 3 is 2.65 bits per heavy atom. The second-order valence-corrected chi connectivity index (χ2v) is 5.57.